The van der Waals surface area contributed by atoms with E-state index in [2.05, 4.69) is 20.8 Å². The second-order valence-corrected chi connectivity index (χ2v) is 8.94. The highest BCUT2D eigenvalue weighted by molar-refractivity contribution is 8.00. The van der Waals surface area contributed by atoms with E-state index in [1.807, 2.05) is 63.2 Å². The van der Waals surface area contributed by atoms with E-state index in [9.17, 15) is 9.59 Å². The molecule has 3 aromatic rings. The Hall–Kier alpha value is -2.71. The van der Waals surface area contributed by atoms with Crippen molar-refractivity contribution in [1.29, 1.82) is 0 Å². The lowest BCUT2D eigenvalue weighted by molar-refractivity contribution is -0.115. The second kappa shape index (κ2) is 9.67. The van der Waals surface area contributed by atoms with Gasteiger partial charge in [0.25, 0.3) is 5.91 Å². The molecule has 29 heavy (non-hydrogen) atoms. The Labute approximate surface area is 178 Å². The van der Waals surface area contributed by atoms with E-state index in [1.54, 1.807) is 6.07 Å². The summed E-state index contributed by atoms with van der Waals surface area (Å²) in [5.41, 5.74) is 2.34. The van der Waals surface area contributed by atoms with Crippen molar-refractivity contribution in [1.82, 2.24) is 10.2 Å². The number of carbonyl (C=O) groups excluding carboxylic acids is 2. The summed E-state index contributed by atoms with van der Waals surface area (Å²) in [6, 6.07) is 15.0. The van der Waals surface area contributed by atoms with Crippen LogP contribution in [-0.4, -0.2) is 27.3 Å². The highest BCUT2D eigenvalue weighted by Gasteiger charge is 2.19. The minimum absolute atomic E-state index is 0.108. The summed E-state index contributed by atoms with van der Waals surface area (Å²) >= 11 is 2.80. The van der Waals surface area contributed by atoms with Crippen LogP contribution in [0.25, 0.3) is 0 Å². The maximum atomic E-state index is 12.6. The van der Waals surface area contributed by atoms with Crippen molar-refractivity contribution >= 4 is 45.7 Å². The Balaban J connectivity index is 1.66. The molecular formula is C21H22N4O2S2. The second-order valence-electron chi connectivity index (χ2n) is 6.48. The van der Waals surface area contributed by atoms with Gasteiger partial charge in [-0.15, -0.1) is 22.0 Å². The summed E-state index contributed by atoms with van der Waals surface area (Å²) < 4.78 is 0. The predicted molar refractivity (Wildman–Crippen MR) is 119 cm³/mol. The fourth-order valence-corrected chi connectivity index (χ4v) is 4.26. The topological polar surface area (TPSA) is 84.0 Å². The van der Waals surface area contributed by atoms with Crippen LogP contribution in [-0.2, 0) is 4.79 Å². The van der Waals surface area contributed by atoms with Crippen molar-refractivity contribution in [3.63, 3.8) is 0 Å². The van der Waals surface area contributed by atoms with Crippen LogP contribution in [0, 0.1) is 13.8 Å². The van der Waals surface area contributed by atoms with Crippen molar-refractivity contribution in [3.8, 4) is 0 Å². The summed E-state index contributed by atoms with van der Waals surface area (Å²) in [7, 11) is 0. The first kappa shape index (κ1) is 21.0. The molecule has 1 heterocycles. The molecule has 8 heteroatoms. The zero-order valence-electron chi connectivity index (χ0n) is 16.4. The monoisotopic (exact) mass is 426 g/mol. The Bertz CT molecular complexity index is 1020. The molecule has 0 spiro atoms. The van der Waals surface area contributed by atoms with Gasteiger partial charge in [0.05, 0.1) is 5.25 Å². The number of rotatable bonds is 7. The number of hydrogen-bond donors (Lipinski definition) is 2. The molecule has 0 radical (unpaired) electrons. The zero-order valence-corrected chi connectivity index (χ0v) is 18.1. The van der Waals surface area contributed by atoms with Crippen molar-refractivity contribution < 1.29 is 9.59 Å². The van der Waals surface area contributed by atoms with Gasteiger partial charge in [-0.05, 0) is 50.6 Å². The SMILES string of the molecule is CCC(Sc1cccc(NC(=O)c2cccc(C)c2)c1)C(=O)Nc1nnc(C)s1. The van der Waals surface area contributed by atoms with Crippen LogP contribution >= 0.6 is 23.1 Å². The first-order valence-electron chi connectivity index (χ1n) is 9.20. The van der Waals surface area contributed by atoms with E-state index in [-0.39, 0.29) is 17.1 Å². The summed E-state index contributed by atoms with van der Waals surface area (Å²) in [5, 5.41) is 14.6. The van der Waals surface area contributed by atoms with E-state index < -0.39 is 0 Å². The molecule has 0 bridgehead atoms. The Morgan fingerprint density at radius 2 is 1.86 bits per heavy atom. The van der Waals surface area contributed by atoms with Crippen molar-refractivity contribution in [2.75, 3.05) is 10.6 Å². The molecule has 0 saturated heterocycles. The number of aromatic nitrogens is 2. The lowest BCUT2D eigenvalue weighted by atomic mass is 10.1. The van der Waals surface area contributed by atoms with Crippen molar-refractivity contribution in [3.05, 3.63) is 64.7 Å². The van der Waals surface area contributed by atoms with Gasteiger partial charge in [0, 0.05) is 16.1 Å². The molecule has 1 unspecified atom stereocenters. The van der Waals surface area contributed by atoms with E-state index >= 15 is 0 Å². The molecule has 1 atom stereocenters. The van der Waals surface area contributed by atoms with Crippen LogP contribution in [0.5, 0.6) is 0 Å². The Morgan fingerprint density at radius 1 is 1.07 bits per heavy atom. The van der Waals surface area contributed by atoms with Crippen LogP contribution in [0.4, 0.5) is 10.8 Å². The van der Waals surface area contributed by atoms with Gasteiger partial charge < -0.3 is 5.32 Å². The number of aryl methyl sites for hydroxylation is 2. The van der Waals surface area contributed by atoms with Crippen LogP contribution in [0.15, 0.2) is 53.4 Å². The molecule has 0 aliphatic heterocycles. The number of thioether (sulfide) groups is 1. The van der Waals surface area contributed by atoms with E-state index in [0.717, 1.165) is 15.5 Å². The predicted octanol–water partition coefficient (Wildman–Crippen LogP) is 4.92. The van der Waals surface area contributed by atoms with Gasteiger partial charge in [-0.2, -0.15) is 0 Å². The summed E-state index contributed by atoms with van der Waals surface area (Å²) in [6.45, 7) is 5.76. The summed E-state index contributed by atoms with van der Waals surface area (Å²) in [6.07, 6.45) is 0.661. The lowest BCUT2D eigenvalue weighted by Crippen LogP contribution is -2.24. The van der Waals surface area contributed by atoms with Gasteiger partial charge in [-0.1, -0.05) is 42.0 Å². The molecule has 2 N–H and O–H groups in total. The maximum absolute atomic E-state index is 12.6. The highest BCUT2D eigenvalue weighted by atomic mass is 32.2. The molecule has 0 fully saturated rings. The van der Waals surface area contributed by atoms with Crippen LogP contribution in [0.1, 0.15) is 34.3 Å². The van der Waals surface area contributed by atoms with Gasteiger partial charge in [0.2, 0.25) is 11.0 Å². The lowest BCUT2D eigenvalue weighted by Gasteiger charge is -2.14. The first-order valence-corrected chi connectivity index (χ1v) is 10.9. The number of hydrogen-bond acceptors (Lipinski definition) is 6. The third-order valence-electron chi connectivity index (χ3n) is 4.07. The number of carbonyl (C=O) groups is 2. The summed E-state index contributed by atoms with van der Waals surface area (Å²) in [4.78, 5) is 26.0. The Morgan fingerprint density at radius 3 is 2.55 bits per heavy atom. The van der Waals surface area contributed by atoms with Crippen molar-refractivity contribution in [2.24, 2.45) is 0 Å². The quantitative estimate of drug-likeness (QED) is 0.524. The van der Waals surface area contributed by atoms with Gasteiger partial charge in [0.1, 0.15) is 5.01 Å². The molecule has 2 aromatic carbocycles. The fourth-order valence-electron chi connectivity index (χ4n) is 2.66. The average molecular weight is 427 g/mol. The minimum atomic E-state index is -0.276. The third kappa shape index (κ3) is 5.88. The zero-order chi connectivity index (χ0) is 20.8. The van der Waals surface area contributed by atoms with Crippen LogP contribution in [0.3, 0.4) is 0 Å². The molecule has 150 valence electrons. The minimum Gasteiger partial charge on any atom is -0.322 e. The van der Waals surface area contributed by atoms with Gasteiger partial charge in [0.15, 0.2) is 0 Å². The standard InChI is InChI=1S/C21H22N4O2S2/c1-4-18(20(27)23-21-25-24-14(3)28-21)29-17-10-6-9-16(12-17)22-19(26)15-8-5-7-13(2)11-15/h5-12,18H,4H2,1-3H3,(H,22,26)(H,23,25,27). The van der Waals surface area contributed by atoms with E-state index in [0.29, 0.717) is 22.8 Å². The largest absolute Gasteiger partial charge is 0.322 e. The Kier molecular flexibility index (Phi) is 7.00. The third-order valence-corrected chi connectivity index (χ3v) is 6.18. The first-order chi connectivity index (χ1) is 13.9. The highest BCUT2D eigenvalue weighted by Crippen LogP contribution is 2.29. The van der Waals surface area contributed by atoms with Crippen LogP contribution in [0.2, 0.25) is 0 Å². The molecular weight excluding hydrogens is 404 g/mol. The van der Waals surface area contributed by atoms with Gasteiger partial charge in [-0.25, -0.2) is 0 Å². The molecule has 1 aromatic heterocycles. The maximum Gasteiger partial charge on any atom is 0.255 e. The normalized spacial score (nSPS) is 11.7. The molecule has 0 aliphatic carbocycles. The molecule has 2 amide bonds. The fraction of sp³-hybridized carbons (Fsp3) is 0.238. The number of benzene rings is 2. The molecule has 0 saturated carbocycles. The molecule has 6 nitrogen and oxygen atoms in total. The average Bonchev–Trinajstić information content (AvgIpc) is 3.11. The van der Waals surface area contributed by atoms with Crippen LogP contribution < -0.4 is 10.6 Å². The van der Waals surface area contributed by atoms with Gasteiger partial charge >= 0.3 is 0 Å². The number of nitrogens with one attached hydrogen (secondary N) is 2. The number of amides is 2. The summed E-state index contributed by atoms with van der Waals surface area (Å²) in [5.74, 6) is -0.268. The van der Waals surface area contributed by atoms with Crippen molar-refractivity contribution in [2.45, 2.75) is 37.3 Å². The van der Waals surface area contributed by atoms with E-state index in [1.165, 1.54) is 23.1 Å². The van der Waals surface area contributed by atoms with E-state index in [4.69, 9.17) is 0 Å². The number of anilines is 2. The number of nitrogens with zero attached hydrogens (tertiary/aromatic N) is 2. The molecule has 3 rings (SSSR count). The van der Waals surface area contributed by atoms with Gasteiger partial charge in [-0.3, -0.25) is 14.9 Å². The smallest absolute Gasteiger partial charge is 0.255 e. The molecule has 0 aliphatic rings.